The molecular weight excluding hydrogens is 358 g/mol. The second kappa shape index (κ2) is 6.83. The lowest BCUT2D eigenvalue weighted by molar-refractivity contribution is 0.102. The third-order valence-corrected chi connectivity index (χ3v) is 4.25. The van der Waals surface area contributed by atoms with Crippen LogP contribution in [0.15, 0.2) is 40.9 Å². The zero-order chi connectivity index (χ0) is 15.4. The lowest BCUT2D eigenvalue weighted by Gasteiger charge is -2.12. The van der Waals surface area contributed by atoms with Crippen molar-refractivity contribution in [3.8, 4) is 11.5 Å². The smallest absolute Gasteiger partial charge is 0.259 e. The molecular formula is C15H13BrClNO3. The van der Waals surface area contributed by atoms with Crippen molar-refractivity contribution in [2.24, 2.45) is 0 Å². The predicted octanol–water partition coefficient (Wildman–Crippen LogP) is 4.37. The maximum Gasteiger partial charge on any atom is 0.259 e. The summed E-state index contributed by atoms with van der Waals surface area (Å²) in [6.07, 6.45) is 0. The molecule has 0 heterocycles. The third kappa shape index (κ3) is 3.49. The van der Waals surface area contributed by atoms with E-state index in [0.29, 0.717) is 32.2 Å². The molecule has 2 rings (SSSR count). The quantitative estimate of drug-likeness (QED) is 0.869. The summed E-state index contributed by atoms with van der Waals surface area (Å²) in [4.78, 5) is 12.4. The zero-order valence-corrected chi connectivity index (χ0v) is 13.8. The maximum absolute atomic E-state index is 12.4. The van der Waals surface area contributed by atoms with Crippen LogP contribution in [-0.2, 0) is 0 Å². The van der Waals surface area contributed by atoms with E-state index in [4.69, 9.17) is 21.1 Å². The van der Waals surface area contributed by atoms with Crippen molar-refractivity contribution in [1.29, 1.82) is 0 Å². The fourth-order valence-corrected chi connectivity index (χ4v) is 2.32. The van der Waals surface area contributed by atoms with E-state index in [1.807, 2.05) is 0 Å². The van der Waals surface area contributed by atoms with Crippen LogP contribution in [0.5, 0.6) is 11.5 Å². The Balaban J connectivity index is 2.34. The van der Waals surface area contributed by atoms with Crippen molar-refractivity contribution < 1.29 is 14.3 Å². The molecule has 0 saturated carbocycles. The fraction of sp³-hybridized carbons (Fsp3) is 0.133. The number of rotatable bonds is 4. The average molecular weight is 371 g/mol. The van der Waals surface area contributed by atoms with E-state index in [0.717, 1.165) is 0 Å². The summed E-state index contributed by atoms with van der Waals surface area (Å²) in [6.45, 7) is 0. The number of carbonyl (C=O) groups is 1. The minimum atomic E-state index is -0.311. The van der Waals surface area contributed by atoms with Gasteiger partial charge in [0.25, 0.3) is 5.91 Å². The summed E-state index contributed by atoms with van der Waals surface area (Å²) < 4.78 is 11.0. The van der Waals surface area contributed by atoms with Gasteiger partial charge in [0, 0.05) is 0 Å². The monoisotopic (exact) mass is 369 g/mol. The number of nitrogens with one attached hydrogen (secondary N) is 1. The maximum atomic E-state index is 12.4. The number of benzene rings is 2. The topological polar surface area (TPSA) is 47.6 Å². The second-order valence-electron chi connectivity index (χ2n) is 4.12. The van der Waals surface area contributed by atoms with Crippen molar-refractivity contribution in [3.05, 3.63) is 51.5 Å². The van der Waals surface area contributed by atoms with Crippen molar-refractivity contribution >= 4 is 39.1 Å². The first-order valence-corrected chi connectivity index (χ1v) is 7.21. The molecule has 0 aromatic heterocycles. The van der Waals surface area contributed by atoms with Gasteiger partial charge >= 0.3 is 0 Å². The van der Waals surface area contributed by atoms with Gasteiger partial charge in [-0.1, -0.05) is 17.7 Å². The highest BCUT2D eigenvalue weighted by Gasteiger charge is 2.15. The van der Waals surface area contributed by atoms with Crippen LogP contribution < -0.4 is 14.8 Å². The van der Waals surface area contributed by atoms with Gasteiger partial charge in [-0.3, -0.25) is 4.79 Å². The van der Waals surface area contributed by atoms with E-state index in [-0.39, 0.29) is 5.91 Å². The zero-order valence-electron chi connectivity index (χ0n) is 11.4. The van der Waals surface area contributed by atoms with Crippen molar-refractivity contribution in [1.82, 2.24) is 0 Å². The van der Waals surface area contributed by atoms with E-state index < -0.39 is 0 Å². The predicted molar refractivity (Wildman–Crippen MR) is 86.7 cm³/mol. The Morgan fingerprint density at radius 1 is 1.19 bits per heavy atom. The van der Waals surface area contributed by atoms with Crippen LogP contribution in [0.1, 0.15) is 10.4 Å². The third-order valence-electron chi connectivity index (χ3n) is 2.85. The molecule has 0 saturated heterocycles. The summed E-state index contributed by atoms with van der Waals surface area (Å²) in [7, 11) is 3.05. The van der Waals surface area contributed by atoms with Crippen LogP contribution in [0, 0.1) is 0 Å². The van der Waals surface area contributed by atoms with E-state index in [9.17, 15) is 4.79 Å². The van der Waals surface area contributed by atoms with Crippen molar-refractivity contribution in [3.63, 3.8) is 0 Å². The van der Waals surface area contributed by atoms with Gasteiger partial charge in [-0.05, 0) is 46.3 Å². The van der Waals surface area contributed by atoms with Gasteiger partial charge in [-0.15, -0.1) is 0 Å². The molecule has 0 atom stereocenters. The number of ether oxygens (including phenoxy) is 2. The number of hydrogen-bond donors (Lipinski definition) is 1. The largest absolute Gasteiger partial charge is 0.497 e. The number of carbonyl (C=O) groups excluding carboxylic acids is 1. The van der Waals surface area contributed by atoms with Crippen LogP contribution in [0.2, 0.25) is 5.02 Å². The van der Waals surface area contributed by atoms with Gasteiger partial charge in [0.15, 0.2) is 0 Å². The molecule has 2 aromatic carbocycles. The van der Waals surface area contributed by atoms with Crippen LogP contribution in [-0.4, -0.2) is 20.1 Å². The highest BCUT2D eigenvalue weighted by molar-refractivity contribution is 9.10. The minimum absolute atomic E-state index is 0.311. The number of methoxy groups -OCH3 is 2. The first-order chi connectivity index (χ1) is 10.1. The molecule has 0 radical (unpaired) electrons. The highest BCUT2D eigenvalue weighted by atomic mass is 79.9. The summed E-state index contributed by atoms with van der Waals surface area (Å²) >= 11 is 9.35. The Bertz CT molecular complexity index is 676. The molecule has 1 amide bonds. The summed E-state index contributed by atoms with van der Waals surface area (Å²) in [6, 6.07) is 10.3. The van der Waals surface area contributed by atoms with Crippen LogP contribution in [0.25, 0.3) is 0 Å². The molecule has 0 bridgehead atoms. The Hall–Kier alpha value is -1.72. The Labute approximate surface area is 136 Å². The summed E-state index contributed by atoms with van der Waals surface area (Å²) in [5, 5.41) is 3.31. The number of hydrogen-bond acceptors (Lipinski definition) is 3. The van der Waals surface area contributed by atoms with Gasteiger partial charge in [0.2, 0.25) is 0 Å². The standard InChI is InChI=1S/C15H13BrClNO3/c1-20-9-6-7-13(21-2)10(8-9)15(19)18-12-5-3-4-11(17)14(12)16/h3-8H,1-2H3,(H,18,19). The first kappa shape index (κ1) is 15.7. The van der Waals surface area contributed by atoms with Gasteiger partial charge in [-0.2, -0.15) is 0 Å². The average Bonchev–Trinajstić information content (AvgIpc) is 2.51. The van der Waals surface area contributed by atoms with Crippen molar-refractivity contribution in [2.45, 2.75) is 0 Å². The molecule has 0 aliphatic rings. The normalized spacial score (nSPS) is 10.1. The first-order valence-electron chi connectivity index (χ1n) is 6.04. The van der Waals surface area contributed by atoms with Crippen LogP contribution >= 0.6 is 27.5 Å². The van der Waals surface area contributed by atoms with Crippen LogP contribution in [0.3, 0.4) is 0 Å². The molecule has 0 aliphatic carbocycles. The molecule has 0 aliphatic heterocycles. The highest BCUT2D eigenvalue weighted by Crippen LogP contribution is 2.31. The van der Waals surface area contributed by atoms with E-state index in [2.05, 4.69) is 21.2 Å². The molecule has 0 unspecified atom stereocenters. The Morgan fingerprint density at radius 3 is 2.62 bits per heavy atom. The second-order valence-corrected chi connectivity index (χ2v) is 5.32. The van der Waals surface area contributed by atoms with E-state index in [1.165, 1.54) is 14.2 Å². The number of amides is 1. The molecule has 21 heavy (non-hydrogen) atoms. The van der Waals surface area contributed by atoms with E-state index >= 15 is 0 Å². The molecule has 4 nitrogen and oxygen atoms in total. The van der Waals surface area contributed by atoms with E-state index in [1.54, 1.807) is 36.4 Å². The molecule has 6 heteroatoms. The van der Waals surface area contributed by atoms with Gasteiger partial charge in [0.1, 0.15) is 11.5 Å². The molecule has 1 N–H and O–H groups in total. The number of anilines is 1. The SMILES string of the molecule is COc1ccc(OC)c(C(=O)Nc2cccc(Cl)c2Br)c1. The molecule has 110 valence electrons. The summed E-state index contributed by atoms with van der Waals surface area (Å²) in [5.74, 6) is 0.728. The lowest BCUT2D eigenvalue weighted by Crippen LogP contribution is -2.13. The molecule has 2 aromatic rings. The van der Waals surface area contributed by atoms with Crippen molar-refractivity contribution in [2.75, 3.05) is 19.5 Å². The van der Waals surface area contributed by atoms with Gasteiger partial charge in [0.05, 0.1) is 35.0 Å². The van der Waals surface area contributed by atoms with Gasteiger partial charge < -0.3 is 14.8 Å². The number of halogens is 2. The fourth-order valence-electron chi connectivity index (χ4n) is 1.78. The summed E-state index contributed by atoms with van der Waals surface area (Å²) in [5.41, 5.74) is 0.959. The molecule has 0 fully saturated rings. The Morgan fingerprint density at radius 2 is 1.95 bits per heavy atom. The molecule has 0 spiro atoms. The minimum Gasteiger partial charge on any atom is -0.497 e. The van der Waals surface area contributed by atoms with Crippen LogP contribution in [0.4, 0.5) is 5.69 Å². The Kier molecular flexibility index (Phi) is 5.09. The van der Waals surface area contributed by atoms with Gasteiger partial charge in [-0.25, -0.2) is 0 Å². The lowest BCUT2D eigenvalue weighted by atomic mass is 10.1.